The van der Waals surface area contributed by atoms with E-state index in [4.69, 9.17) is 5.73 Å². The van der Waals surface area contributed by atoms with Crippen molar-refractivity contribution in [3.8, 4) is 11.5 Å². The third kappa shape index (κ3) is 9.85. The van der Waals surface area contributed by atoms with Gasteiger partial charge in [-0.3, -0.25) is 14.4 Å². The predicted octanol–water partition coefficient (Wildman–Crippen LogP) is 0.761. The predicted molar refractivity (Wildman–Crippen MR) is 157 cm³/mol. The first kappa shape index (κ1) is 32.6. The number of nitrogens with one attached hydrogen (secondary N) is 4. The number of carboxylic acid groups (broad SMARTS) is 1. The molecule has 3 aromatic rings. The number of rotatable bonds is 15. The van der Waals surface area contributed by atoms with Crippen molar-refractivity contribution in [3.05, 3.63) is 77.9 Å². The number of amides is 3. The summed E-state index contributed by atoms with van der Waals surface area (Å²) in [5.41, 5.74) is 7.80. The Balaban J connectivity index is 1.83. The van der Waals surface area contributed by atoms with E-state index in [1.165, 1.54) is 36.8 Å². The molecule has 0 fully saturated rings. The highest BCUT2D eigenvalue weighted by atomic mass is 16.4. The van der Waals surface area contributed by atoms with E-state index in [-0.39, 0.29) is 36.7 Å². The number of aliphatic carboxylic acids is 1. The molecule has 0 saturated carbocycles. The Hall–Kier alpha value is -4.91. The van der Waals surface area contributed by atoms with Gasteiger partial charge in [-0.15, -0.1) is 0 Å². The van der Waals surface area contributed by atoms with Gasteiger partial charge in [-0.2, -0.15) is 0 Å². The zero-order valence-corrected chi connectivity index (χ0v) is 24.0. The van der Waals surface area contributed by atoms with Gasteiger partial charge in [0.2, 0.25) is 17.7 Å². The van der Waals surface area contributed by atoms with Gasteiger partial charge < -0.3 is 42.0 Å². The minimum atomic E-state index is -1.33. The lowest BCUT2D eigenvalue weighted by Gasteiger charge is -2.26. The van der Waals surface area contributed by atoms with Crippen molar-refractivity contribution in [2.45, 2.75) is 63.7 Å². The molecule has 0 saturated heterocycles. The molecule has 9 N–H and O–H groups in total. The fourth-order valence-corrected chi connectivity index (χ4v) is 4.30. The third-order valence-electron chi connectivity index (χ3n) is 7.17. The summed E-state index contributed by atoms with van der Waals surface area (Å²) >= 11 is 0. The Morgan fingerprint density at radius 3 is 1.72 bits per heavy atom. The number of imidazole rings is 1. The molecule has 0 spiro atoms. The topological polar surface area (TPSA) is 220 Å². The molecule has 0 aliphatic rings. The number of carboxylic acids is 1. The van der Waals surface area contributed by atoms with Crippen LogP contribution in [0.1, 0.15) is 37.1 Å². The number of benzene rings is 2. The molecule has 0 aliphatic carbocycles. The Labute approximate surface area is 248 Å². The van der Waals surface area contributed by atoms with Gasteiger partial charge in [-0.25, -0.2) is 9.78 Å². The second-order valence-electron chi connectivity index (χ2n) is 10.5. The first-order chi connectivity index (χ1) is 20.5. The molecule has 1 aromatic heterocycles. The highest BCUT2D eigenvalue weighted by Gasteiger charge is 2.31. The average molecular weight is 595 g/mol. The van der Waals surface area contributed by atoms with Crippen molar-refractivity contribution in [1.82, 2.24) is 25.9 Å². The Morgan fingerprint density at radius 2 is 1.26 bits per heavy atom. The molecule has 3 amide bonds. The summed E-state index contributed by atoms with van der Waals surface area (Å²) in [5, 5.41) is 36.8. The average Bonchev–Trinajstić information content (AvgIpc) is 3.50. The van der Waals surface area contributed by atoms with E-state index in [1.54, 1.807) is 24.3 Å². The fraction of sp³-hybridized carbons (Fsp3) is 0.367. The van der Waals surface area contributed by atoms with E-state index in [9.17, 15) is 34.5 Å². The number of hydrogen-bond acceptors (Lipinski definition) is 8. The Bertz CT molecular complexity index is 1360. The molecule has 0 radical (unpaired) electrons. The first-order valence-corrected chi connectivity index (χ1v) is 13.9. The molecule has 3 rings (SSSR count). The smallest absolute Gasteiger partial charge is 0.326 e. The van der Waals surface area contributed by atoms with Gasteiger partial charge >= 0.3 is 5.97 Å². The molecule has 230 valence electrons. The van der Waals surface area contributed by atoms with Gasteiger partial charge in [0.25, 0.3) is 0 Å². The standard InChI is InChI=1S/C30H38N6O7/c1-3-17(2)26(31)29(41)35-23(12-18-4-8-21(37)9-5-18)27(39)34-24(14-20-15-32-16-33-20)28(40)36-25(30(42)43)13-19-6-10-22(38)11-7-19/h4-11,15-17,23-26,37-38H,3,12-14,31H2,1-2H3,(H,32,33)(H,34,39)(H,35,41)(H,36,40)(H,42,43). The number of hydrogen-bond donors (Lipinski definition) is 8. The number of nitrogens with two attached hydrogens (primary N) is 1. The van der Waals surface area contributed by atoms with Gasteiger partial charge in [0.1, 0.15) is 29.6 Å². The zero-order valence-electron chi connectivity index (χ0n) is 24.0. The van der Waals surface area contributed by atoms with Crippen LogP contribution < -0.4 is 21.7 Å². The van der Waals surface area contributed by atoms with Crippen LogP contribution in [-0.4, -0.2) is 73.1 Å². The quantitative estimate of drug-likeness (QED) is 0.124. The number of phenolic OH excluding ortho intramolecular Hbond substituents is 2. The van der Waals surface area contributed by atoms with Crippen LogP contribution in [0.5, 0.6) is 11.5 Å². The summed E-state index contributed by atoms with van der Waals surface area (Å²) < 4.78 is 0. The second kappa shape index (κ2) is 15.4. The molecular formula is C30H38N6O7. The number of aromatic amines is 1. The zero-order chi connectivity index (χ0) is 31.5. The lowest BCUT2D eigenvalue weighted by molar-refractivity contribution is -0.142. The summed E-state index contributed by atoms with van der Waals surface area (Å²) in [4.78, 5) is 58.9. The highest BCUT2D eigenvalue weighted by molar-refractivity contribution is 5.94. The molecule has 0 bridgehead atoms. The molecule has 5 unspecified atom stereocenters. The van der Waals surface area contributed by atoms with Gasteiger partial charge in [-0.1, -0.05) is 44.5 Å². The summed E-state index contributed by atoms with van der Waals surface area (Å²) in [5.74, 6) is -3.39. The molecule has 2 aromatic carbocycles. The van der Waals surface area contributed by atoms with Crippen LogP contribution in [0.25, 0.3) is 0 Å². The Morgan fingerprint density at radius 1 is 0.791 bits per heavy atom. The van der Waals surface area contributed by atoms with E-state index in [0.29, 0.717) is 23.2 Å². The van der Waals surface area contributed by atoms with Crippen molar-refractivity contribution in [2.24, 2.45) is 11.7 Å². The van der Waals surface area contributed by atoms with E-state index in [1.807, 2.05) is 13.8 Å². The van der Waals surface area contributed by atoms with Gasteiger partial charge in [0, 0.05) is 31.2 Å². The normalized spacial score (nSPS) is 14.5. The number of phenols is 2. The first-order valence-electron chi connectivity index (χ1n) is 13.9. The van der Waals surface area contributed by atoms with Crippen LogP contribution in [-0.2, 0) is 38.4 Å². The van der Waals surface area contributed by atoms with Crippen molar-refractivity contribution >= 4 is 23.7 Å². The number of aromatic hydroxyl groups is 2. The second-order valence-corrected chi connectivity index (χ2v) is 10.5. The van der Waals surface area contributed by atoms with E-state index in [2.05, 4.69) is 25.9 Å². The summed E-state index contributed by atoms with van der Waals surface area (Å²) in [6.45, 7) is 3.71. The van der Waals surface area contributed by atoms with Crippen LogP contribution >= 0.6 is 0 Å². The molecule has 5 atom stereocenters. The molecule has 13 heteroatoms. The summed E-state index contributed by atoms with van der Waals surface area (Å²) in [6.07, 6.45) is 3.43. The minimum absolute atomic E-state index is 0.0149. The van der Waals surface area contributed by atoms with Gasteiger partial charge in [0.15, 0.2) is 0 Å². The largest absolute Gasteiger partial charge is 0.508 e. The maximum Gasteiger partial charge on any atom is 0.326 e. The van der Waals surface area contributed by atoms with Crippen LogP contribution in [0, 0.1) is 5.92 Å². The van der Waals surface area contributed by atoms with E-state index in [0.717, 1.165) is 0 Å². The van der Waals surface area contributed by atoms with Gasteiger partial charge in [-0.05, 0) is 41.3 Å². The van der Waals surface area contributed by atoms with Crippen molar-refractivity contribution in [1.29, 1.82) is 0 Å². The van der Waals surface area contributed by atoms with E-state index < -0.39 is 47.9 Å². The molecule has 1 heterocycles. The molecule has 43 heavy (non-hydrogen) atoms. The number of H-pyrrole nitrogens is 1. The van der Waals surface area contributed by atoms with E-state index >= 15 is 0 Å². The Kier molecular flexibility index (Phi) is 11.6. The van der Waals surface area contributed by atoms with Crippen LogP contribution in [0.15, 0.2) is 61.1 Å². The van der Waals surface area contributed by atoms with Crippen molar-refractivity contribution in [2.75, 3.05) is 0 Å². The fourth-order valence-electron chi connectivity index (χ4n) is 4.30. The number of aromatic nitrogens is 2. The monoisotopic (exact) mass is 594 g/mol. The molecule has 13 nitrogen and oxygen atoms in total. The lowest BCUT2D eigenvalue weighted by Crippen LogP contribution is -2.58. The maximum absolute atomic E-state index is 13.6. The lowest BCUT2D eigenvalue weighted by atomic mass is 9.98. The summed E-state index contributed by atoms with van der Waals surface area (Å²) in [6, 6.07) is 7.42. The van der Waals surface area contributed by atoms with Crippen LogP contribution in [0.2, 0.25) is 0 Å². The highest BCUT2D eigenvalue weighted by Crippen LogP contribution is 2.14. The van der Waals surface area contributed by atoms with Gasteiger partial charge in [0.05, 0.1) is 12.4 Å². The summed E-state index contributed by atoms with van der Waals surface area (Å²) in [7, 11) is 0. The van der Waals surface area contributed by atoms with Crippen molar-refractivity contribution < 1.29 is 34.5 Å². The number of carbonyl (C=O) groups excluding carboxylic acids is 3. The minimum Gasteiger partial charge on any atom is -0.508 e. The third-order valence-corrected chi connectivity index (χ3v) is 7.17. The number of nitrogens with zero attached hydrogens (tertiary/aromatic N) is 1. The molecular weight excluding hydrogens is 556 g/mol. The van der Waals surface area contributed by atoms with Crippen LogP contribution in [0.4, 0.5) is 0 Å². The van der Waals surface area contributed by atoms with Crippen molar-refractivity contribution in [3.63, 3.8) is 0 Å². The van der Waals surface area contributed by atoms with Crippen LogP contribution in [0.3, 0.4) is 0 Å². The SMILES string of the molecule is CCC(C)C(N)C(=O)NC(Cc1ccc(O)cc1)C(=O)NC(Cc1cnc[nH]1)C(=O)NC(Cc1ccc(O)cc1)C(=O)O. The number of carbonyl (C=O) groups is 4. The molecule has 0 aliphatic heterocycles. The maximum atomic E-state index is 13.6.